The second-order valence-electron chi connectivity index (χ2n) is 14.2. The Bertz CT molecular complexity index is 933. The van der Waals surface area contributed by atoms with Crippen LogP contribution in [0.5, 0.6) is 0 Å². The van der Waals surface area contributed by atoms with Gasteiger partial charge in [-0.15, -0.1) is 0 Å². The molecule has 52 heavy (non-hydrogen) atoms. The van der Waals surface area contributed by atoms with Crippen LogP contribution in [-0.4, -0.2) is 37.2 Å². The Labute approximate surface area is 320 Å². The molecule has 6 heteroatoms. The predicted molar refractivity (Wildman–Crippen MR) is 219 cm³/mol. The highest BCUT2D eigenvalue weighted by Crippen LogP contribution is 2.14. The highest BCUT2D eigenvalue weighted by Gasteiger charge is 2.19. The molecule has 0 amide bonds. The average Bonchev–Trinajstić information content (AvgIpc) is 3.14. The van der Waals surface area contributed by atoms with Crippen LogP contribution in [0.3, 0.4) is 0 Å². The molecule has 0 radical (unpaired) electrons. The molecule has 0 rings (SSSR count). The number of rotatable bonds is 38. The molecule has 0 bridgehead atoms. The molecule has 300 valence electrons. The second-order valence-corrected chi connectivity index (χ2v) is 14.2. The molecular weight excluding hydrogens is 649 g/mol. The number of unbranched alkanes of at least 4 members (excludes halogenated alkanes) is 19. The maximum atomic E-state index is 12.7. The van der Waals surface area contributed by atoms with Crippen LogP contribution in [0.4, 0.5) is 0 Å². The minimum atomic E-state index is -0.802. The van der Waals surface area contributed by atoms with E-state index < -0.39 is 6.10 Å². The van der Waals surface area contributed by atoms with Crippen molar-refractivity contribution in [2.45, 2.75) is 213 Å². The van der Waals surface area contributed by atoms with E-state index in [0.29, 0.717) is 19.3 Å². The summed E-state index contributed by atoms with van der Waals surface area (Å²) in [4.78, 5) is 37.5. The standard InChI is InChI=1S/C46H80O6/c1-4-7-10-13-16-19-21-23-25-27-30-33-36-39-45(48)51-42-43(41-50-44(47)38-35-32-29-26-18-15-12-9-6-3)52-46(49)40-37-34-31-28-24-22-20-17-14-11-8-5-2/h9,12,18,23,25-26,30,33,43H,4-8,10-11,13-17,19-22,24,27-29,31-32,34-42H2,1-3H3/b12-9-,25-23-,26-18-,33-30-. The van der Waals surface area contributed by atoms with Crippen molar-refractivity contribution in [2.24, 2.45) is 0 Å². The van der Waals surface area contributed by atoms with Crippen LogP contribution < -0.4 is 0 Å². The van der Waals surface area contributed by atoms with E-state index in [-0.39, 0.29) is 37.5 Å². The molecule has 0 aliphatic heterocycles. The number of hydrogen-bond donors (Lipinski definition) is 0. The maximum absolute atomic E-state index is 12.7. The first-order chi connectivity index (χ1) is 25.5. The van der Waals surface area contributed by atoms with Crippen molar-refractivity contribution in [1.82, 2.24) is 0 Å². The third-order valence-corrected chi connectivity index (χ3v) is 9.08. The van der Waals surface area contributed by atoms with Crippen molar-refractivity contribution < 1.29 is 28.6 Å². The molecule has 0 saturated carbocycles. The Kier molecular flexibility index (Phi) is 39.1. The molecule has 0 spiro atoms. The first-order valence-corrected chi connectivity index (χ1v) is 21.6. The van der Waals surface area contributed by atoms with Gasteiger partial charge >= 0.3 is 17.9 Å². The van der Waals surface area contributed by atoms with Crippen molar-refractivity contribution in [3.63, 3.8) is 0 Å². The van der Waals surface area contributed by atoms with E-state index in [4.69, 9.17) is 14.2 Å². The smallest absolute Gasteiger partial charge is 0.306 e. The fraction of sp³-hybridized carbons (Fsp3) is 0.761. The van der Waals surface area contributed by atoms with Gasteiger partial charge in [0.25, 0.3) is 0 Å². The third kappa shape index (κ3) is 38.6. The topological polar surface area (TPSA) is 78.9 Å². The van der Waals surface area contributed by atoms with E-state index >= 15 is 0 Å². The van der Waals surface area contributed by atoms with Gasteiger partial charge in [-0.3, -0.25) is 14.4 Å². The number of hydrogen-bond acceptors (Lipinski definition) is 6. The van der Waals surface area contributed by atoms with Crippen molar-refractivity contribution in [3.8, 4) is 0 Å². The number of esters is 3. The minimum absolute atomic E-state index is 0.106. The van der Waals surface area contributed by atoms with Crippen LogP contribution >= 0.6 is 0 Å². The molecular formula is C46H80O6. The summed E-state index contributed by atoms with van der Waals surface area (Å²) in [6, 6.07) is 0. The van der Waals surface area contributed by atoms with E-state index in [1.807, 2.05) is 6.08 Å². The number of ether oxygens (including phenoxy) is 3. The molecule has 0 fully saturated rings. The summed E-state index contributed by atoms with van der Waals surface area (Å²) in [5, 5.41) is 0. The fourth-order valence-corrected chi connectivity index (χ4v) is 5.82. The second kappa shape index (κ2) is 41.1. The van der Waals surface area contributed by atoms with Gasteiger partial charge in [-0.05, 0) is 64.2 Å². The van der Waals surface area contributed by atoms with Crippen LogP contribution in [-0.2, 0) is 28.6 Å². The van der Waals surface area contributed by atoms with Crippen LogP contribution in [0.25, 0.3) is 0 Å². The van der Waals surface area contributed by atoms with Gasteiger partial charge in [0.1, 0.15) is 13.2 Å². The lowest BCUT2D eigenvalue weighted by molar-refractivity contribution is -0.166. The quantitative estimate of drug-likeness (QED) is 0.0272. The van der Waals surface area contributed by atoms with E-state index in [0.717, 1.165) is 64.2 Å². The lowest BCUT2D eigenvalue weighted by atomic mass is 10.0. The van der Waals surface area contributed by atoms with Gasteiger partial charge in [0, 0.05) is 19.3 Å². The lowest BCUT2D eigenvalue weighted by Gasteiger charge is -2.18. The van der Waals surface area contributed by atoms with Gasteiger partial charge in [0.05, 0.1) is 0 Å². The molecule has 0 aromatic rings. The molecule has 0 heterocycles. The van der Waals surface area contributed by atoms with Gasteiger partial charge in [-0.25, -0.2) is 0 Å². The monoisotopic (exact) mass is 729 g/mol. The molecule has 6 nitrogen and oxygen atoms in total. The highest BCUT2D eigenvalue weighted by molar-refractivity contribution is 5.71. The largest absolute Gasteiger partial charge is 0.462 e. The zero-order valence-electron chi connectivity index (χ0n) is 34.1. The van der Waals surface area contributed by atoms with Crippen LogP contribution in [0.2, 0.25) is 0 Å². The zero-order valence-corrected chi connectivity index (χ0v) is 34.1. The van der Waals surface area contributed by atoms with Crippen molar-refractivity contribution >= 4 is 17.9 Å². The Morgan fingerprint density at radius 1 is 0.404 bits per heavy atom. The Morgan fingerprint density at radius 3 is 1.31 bits per heavy atom. The summed E-state index contributed by atoms with van der Waals surface area (Å²) in [5.41, 5.74) is 0. The van der Waals surface area contributed by atoms with Crippen molar-refractivity contribution in [2.75, 3.05) is 13.2 Å². The molecule has 0 aliphatic rings. The number of carbonyl (C=O) groups excluding carboxylic acids is 3. The summed E-state index contributed by atoms with van der Waals surface area (Å²) < 4.78 is 16.6. The number of allylic oxidation sites excluding steroid dienone is 8. The SMILES string of the molecule is CC/C=C\C/C=C\CCCCC(=O)OCC(COC(=O)CC/C=C\C/C=C\CCCCCCCC)OC(=O)CCCCCCCCCCCCCC. The predicted octanol–water partition coefficient (Wildman–Crippen LogP) is 13.6. The summed E-state index contributed by atoms with van der Waals surface area (Å²) in [5.74, 6) is -1.01. The third-order valence-electron chi connectivity index (χ3n) is 9.08. The molecule has 0 aliphatic carbocycles. The van der Waals surface area contributed by atoms with Gasteiger partial charge in [0.15, 0.2) is 6.10 Å². The van der Waals surface area contributed by atoms with Crippen LogP contribution in [0.15, 0.2) is 48.6 Å². The van der Waals surface area contributed by atoms with E-state index in [1.165, 1.54) is 96.3 Å². The lowest BCUT2D eigenvalue weighted by Crippen LogP contribution is -2.30. The first kappa shape index (κ1) is 49.4. The molecule has 0 aromatic heterocycles. The summed E-state index contributed by atoms with van der Waals surface area (Å²) in [6.45, 7) is 6.40. The molecule has 1 atom stereocenters. The van der Waals surface area contributed by atoms with E-state index in [2.05, 4.69) is 63.3 Å². The van der Waals surface area contributed by atoms with Gasteiger partial charge in [0.2, 0.25) is 0 Å². The number of carbonyl (C=O) groups is 3. The minimum Gasteiger partial charge on any atom is -0.462 e. The normalized spacial score (nSPS) is 12.4. The zero-order chi connectivity index (χ0) is 38.0. The Morgan fingerprint density at radius 2 is 0.788 bits per heavy atom. The Hall–Kier alpha value is -2.63. The van der Waals surface area contributed by atoms with Gasteiger partial charge in [-0.2, -0.15) is 0 Å². The molecule has 0 saturated heterocycles. The fourth-order valence-electron chi connectivity index (χ4n) is 5.82. The molecule has 0 aromatic carbocycles. The summed E-state index contributed by atoms with van der Waals surface area (Å²) >= 11 is 0. The van der Waals surface area contributed by atoms with Crippen molar-refractivity contribution in [1.29, 1.82) is 0 Å². The first-order valence-electron chi connectivity index (χ1n) is 21.6. The van der Waals surface area contributed by atoms with E-state index in [1.54, 1.807) is 0 Å². The molecule has 1 unspecified atom stereocenters. The van der Waals surface area contributed by atoms with Gasteiger partial charge < -0.3 is 14.2 Å². The summed E-state index contributed by atoms with van der Waals surface area (Å²) in [6.07, 6.45) is 46.9. The highest BCUT2D eigenvalue weighted by atomic mass is 16.6. The van der Waals surface area contributed by atoms with E-state index in [9.17, 15) is 14.4 Å². The summed E-state index contributed by atoms with van der Waals surface area (Å²) in [7, 11) is 0. The Balaban J connectivity index is 4.46. The molecule has 0 N–H and O–H groups in total. The van der Waals surface area contributed by atoms with Crippen LogP contribution in [0.1, 0.15) is 207 Å². The van der Waals surface area contributed by atoms with Gasteiger partial charge in [-0.1, -0.05) is 172 Å². The van der Waals surface area contributed by atoms with Crippen molar-refractivity contribution in [3.05, 3.63) is 48.6 Å². The average molecular weight is 729 g/mol. The maximum Gasteiger partial charge on any atom is 0.306 e. The van der Waals surface area contributed by atoms with Crippen LogP contribution in [0, 0.1) is 0 Å².